The molecule has 0 aromatic carbocycles. The molecule has 0 radical (unpaired) electrons. The van der Waals surface area contributed by atoms with E-state index in [4.69, 9.17) is 0 Å². The third-order valence-electron chi connectivity index (χ3n) is 3.29. The van der Waals surface area contributed by atoms with Gasteiger partial charge in [0.05, 0.1) is 11.4 Å². The van der Waals surface area contributed by atoms with E-state index in [2.05, 4.69) is 25.5 Å². The van der Waals surface area contributed by atoms with Crippen molar-refractivity contribution in [2.24, 2.45) is 7.05 Å². The minimum atomic E-state index is -0.375. The second-order valence-electron chi connectivity index (χ2n) is 5.44. The van der Waals surface area contributed by atoms with Crippen LogP contribution in [0, 0.1) is 6.92 Å². The summed E-state index contributed by atoms with van der Waals surface area (Å²) in [5.41, 5.74) is 2.36. The minimum absolute atomic E-state index is 0.0837. The van der Waals surface area contributed by atoms with Crippen LogP contribution in [0.1, 0.15) is 41.8 Å². The van der Waals surface area contributed by atoms with E-state index >= 15 is 0 Å². The van der Waals surface area contributed by atoms with Gasteiger partial charge in [0.15, 0.2) is 0 Å². The van der Waals surface area contributed by atoms with Gasteiger partial charge in [0.2, 0.25) is 5.82 Å². The molecule has 8 nitrogen and oxygen atoms in total. The Morgan fingerprint density at radius 1 is 1.32 bits per heavy atom. The summed E-state index contributed by atoms with van der Waals surface area (Å²) < 4.78 is 3.22. The fourth-order valence-electron chi connectivity index (χ4n) is 2.21. The molecule has 0 aliphatic carbocycles. The van der Waals surface area contributed by atoms with Crippen LogP contribution in [0.2, 0.25) is 0 Å². The van der Waals surface area contributed by atoms with Crippen LogP contribution in [-0.2, 0) is 7.05 Å². The SMILES string of the molecule is Cc1ccnc2nc(C(=O)Nc3cn(C)nc3C(C)C)nn12. The third kappa shape index (κ3) is 2.43. The highest BCUT2D eigenvalue weighted by Crippen LogP contribution is 2.22. The monoisotopic (exact) mass is 299 g/mol. The number of hydrogen-bond donors (Lipinski definition) is 1. The molecule has 0 aliphatic rings. The molecule has 3 rings (SSSR count). The van der Waals surface area contributed by atoms with Gasteiger partial charge in [-0.3, -0.25) is 9.48 Å². The zero-order valence-corrected chi connectivity index (χ0v) is 12.9. The number of fused-ring (bicyclic) bond motifs is 1. The Morgan fingerprint density at radius 2 is 2.09 bits per heavy atom. The van der Waals surface area contributed by atoms with Gasteiger partial charge in [-0.2, -0.15) is 10.1 Å². The van der Waals surface area contributed by atoms with Crippen LogP contribution in [0.15, 0.2) is 18.5 Å². The van der Waals surface area contributed by atoms with Crippen LogP contribution < -0.4 is 5.32 Å². The van der Waals surface area contributed by atoms with Gasteiger partial charge >= 0.3 is 0 Å². The van der Waals surface area contributed by atoms with E-state index in [1.165, 1.54) is 0 Å². The van der Waals surface area contributed by atoms with Gasteiger partial charge < -0.3 is 5.32 Å². The number of carbonyl (C=O) groups excluding carboxylic acids is 1. The maximum absolute atomic E-state index is 12.4. The normalized spacial score (nSPS) is 11.3. The van der Waals surface area contributed by atoms with Gasteiger partial charge in [0, 0.05) is 25.1 Å². The van der Waals surface area contributed by atoms with E-state index in [-0.39, 0.29) is 17.6 Å². The average Bonchev–Trinajstić information content (AvgIpc) is 3.03. The molecule has 1 N–H and O–H groups in total. The van der Waals surface area contributed by atoms with Crippen LogP contribution in [0.25, 0.3) is 5.78 Å². The highest BCUT2D eigenvalue weighted by Gasteiger charge is 2.18. The van der Waals surface area contributed by atoms with Crippen LogP contribution in [-0.4, -0.2) is 35.3 Å². The predicted molar refractivity (Wildman–Crippen MR) is 80.8 cm³/mol. The van der Waals surface area contributed by atoms with Crippen LogP contribution in [0.5, 0.6) is 0 Å². The summed E-state index contributed by atoms with van der Waals surface area (Å²) in [7, 11) is 1.82. The smallest absolute Gasteiger partial charge is 0.295 e. The molecule has 8 heteroatoms. The minimum Gasteiger partial charge on any atom is -0.316 e. The van der Waals surface area contributed by atoms with E-state index in [1.807, 2.05) is 27.8 Å². The fourth-order valence-corrected chi connectivity index (χ4v) is 2.21. The van der Waals surface area contributed by atoms with Crippen molar-refractivity contribution in [1.29, 1.82) is 0 Å². The zero-order chi connectivity index (χ0) is 15.9. The number of nitrogens with zero attached hydrogens (tertiary/aromatic N) is 6. The zero-order valence-electron chi connectivity index (χ0n) is 12.9. The van der Waals surface area contributed by atoms with Crippen LogP contribution >= 0.6 is 0 Å². The molecule has 22 heavy (non-hydrogen) atoms. The lowest BCUT2D eigenvalue weighted by Crippen LogP contribution is -2.15. The Bertz CT molecular complexity index is 846. The van der Waals surface area contributed by atoms with Crippen LogP contribution in [0.3, 0.4) is 0 Å². The second-order valence-corrected chi connectivity index (χ2v) is 5.44. The van der Waals surface area contributed by atoms with Crippen molar-refractivity contribution < 1.29 is 4.79 Å². The summed E-state index contributed by atoms with van der Waals surface area (Å²) in [6.45, 7) is 5.92. The first kappa shape index (κ1) is 14.2. The number of rotatable bonds is 3. The Balaban J connectivity index is 1.92. The van der Waals surface area contributed by atoms with Crippen molar-refractivity contribution >= 4 is 17.4 Å². The third-order valence-corrected chi connectivity index (χ3v) is 3.29. The van der Waals surface area contributed by atoms with Gasteiger partial charge in [-0.1, -0.05) is 13.8 Å². The van der Waals surface area contributed by atoms with E-state index < -0.39 is 0 Å². The summed E-state index contributed by atoms with van der Waals surface area (Å²) >= 11 is 0. The summed E-state index contributed by atoms with van der Waals surface area (Å²) in [5, 5.41) is 11.4. The lowest BCUT2D eigenvalue weighted by atomic mass is 10.1. The van der Waals surface area contributed by atoms with Crippen molar-refractivity contribution in [3.05, 3.63) is 35.7 Å². The molecule has 0 unspecified atom stereocenters. The number of hydrogen-bond acceptors (Lipinski definition) is 5. The average molecular weight is 299 g/mol. The molecule has 3 aromatic heterocycles. The first-order valence-corrected chi connectivity index (χ1v) is 6.99. The quantitative estimate of drug-likeness (QED) is 0.792. The van der Waals surface area contributed by atoms with Crippen molar-refractivity contribution in [2.45, 2.75) is 26.7 Å². The maximum Gasteiger partial charge on any atom is 0.295 e. The second kappa shape index (κ2) is 5.21. The van der Waals surface area contributed by atoms with E-state index in [0.717, 1.165) is 11.4 Å². The van der Waals surface area contributed by atoms with Gasteiger partial charge in [-0.15, -0.1) is 5.10 Å². The molecule has 0 bridgehead atoms. The van der Waals surface area contributed by atoms with E-state index in [9.17, 15) is 4.79 Å². The molecule has 1 amide bonds. The topological polar surface area (TPSA) is 90.0 Å². The number of amides is 1. The molecule has 0 saturated carbocycles. The lowest BCUT2D eigenvalue weighted by molar-refractivity contribution is 0.101. The first-order valence-electron chi connectivity index (χ1n) is 6.99. The van der Waals surface area contributed by atoms with E-state index in [0.29, 0.717) is 11.5 Å². The molecule has 0 atom stereocenters. The highest BCUT2D eigenvalue weighted by molar-refractivity contribution is 6.02. The number of anilines is 1. The number of carbonyl (C=O) groups is 1. The van der Waals surface area contributed by atoms with Crippen molar-refractivity contribution in [2.75, 3.05) is 5.32 Å². The van der Waals surface area contributed by atoms with Crippen molar-refractivity contribution in [1.82, 2.24) is 29.4 Å². The highest BCUT2D eigenvalue weighted by atomic mass is 16.2. The largest absolute Gasteiger partial charge is 0.316 e. The van der Waals surface area contributed by atoms with Crippen molar-refractivity contribution in [3.63, 3.8) is 0 Å². The van der Waals surface area contributed by atoms with E-state index in [1.54, 1.807) is 27.7 Å². The molecule has 0 saturated heterocycles. The van der Waals surface area contributed by atoms with Gasteiger partial charge in [0.1, 0.15) is 0 Å². The fraction of sp³-hybridized carbons (Fsp3) is 0.357. The summed E-state index contributed by atoms with van der Waals surface area (Å²) in [6.07, 6.45) is 3.41. The van der Waals surface area contributed by atoms with Crippen molar-refractivity contribution in [3.8, 4) is 0 Å². The standard InChI is InChI=1S/C14H17N7O/c1-8(2)11-10(7-20(4)18-11)16-13(22)12-17-14-15-6-5-9(3)21(14)19-12/h5-8H,1-4H3,(H,16,22). The van der Waals surface area contributed by atoms with Gasteiger partial charge in [-0.05, 0) is 18.9 Å². The maximum atomic E-state index is 12.4. The summed E-state index contributed by atoms with van der Waals surface area (Å²) in [4.78, 5) is 20.6. The van der Waals surface area contributed by atoms with Gasteiger partial charge in [0.25, 0.3) is 11.7 Å². The number of aryl methyl sites for hydroxylation is 2. The number of nitrogens with one attached hydrogen (secondary N) is 1. The molecular formula is C14H17N7O. The summed E-state index contributed by atoms with van der Waals surface area (Å²) in [6, 6.07) is 1.81. The Kier molecular flexibility index (Phi) is 3.36. The molecule has 114 valence electrons. The summed E-state index contributed by atoms with van der Waals surface area (Å²) in [5.74, 6) is 0.315. The Labute approximate surface area is 127 Å². The molecule has 0 fully saturated rings. The molecule has 0 spiro atoms. The Morgan fingerprint density at radius 3 is 2.77 bits per heavy atom. The molecule has 0 aliphatic heterocycles. The first-order chi connectivity index (χ1) is 10.5. The Hall–Kier alpha value is -2.77. The molecular weight excluding hydrogens is 282 g/mol. The molecule has 3 aromatic rings. The predicted octanol–water partition coefficient (Wildman–Crippen LogP) is 1.54. The molecule has 3 heterocycles. The number of aromatic nitrogens is 6. The lowest BCUT2D eigenvalue weighted by Gasteiger charge is -2.05. The van der Waals surface area contributed by atoms with Gasteiger partial charge in [-0.25, -0.2) is 9.50 Å². The van der Waals surface area contributed by atoms with Crippen LogP contribution in [0.4, 0.5) is 5.69 Å².